The second-order valence-electron chi connectivity index (χ2n) is 4.48. The largest absolute Gasteiger partial charge is 0.490 e. The van der Waals surface area contributed by atoms with Crippen molar-refractivity contribution in [3.8, 4) is 11.5 Å². The summed E-state index contributed by atoms with van der Waals surface area (Å²) in [5.74, 6) is -0.368. The lowest BCUT2D eigenvalue weighted by Gasteiger charge is -2.13. The van der Waals surface area contributed by atoms with E-state index in [4.69, 9.17) is 14.6 Å². The summed E-state index contributed by atoms with van der Waals surface area (Å²) >= 11 is 0. The Balaban J connectivity index is 2.14. The summed E-state index contributed by atoms with van der Waals surface area (Å²) < 4.78 is 11.0. The number of hydrogen-bond donors (Lipinski definition) is 2. The maximum atomic E-state index is 12.0. The van der Waals surface area contributed by atoms with Crippen LogP contribution in [0.1, 0.15) is 30.1 Å². The Morgan fingerprint density at radius 1 is 1.30 bits per heavy atom. The van der Waals surface area contributed by atoms with E-state index in [-0.39, 0.29) is 0 Å². The van der Waals surface area contributed by atoms with Crippen molar-refractivity contribution in [2.24, 2.45) is 0 Å². The molecule has 6 nitrogen and oxygen atoms in total. The molecule has 0 radical (unpaired) electrons. The van der Waals surface area contributed by atoms with Crippen LogP contribution in [0.3, 0.4) is 0 Å². The highest BCUT2D eigenvalue weighted by molar-refractivity contribution is 5.97. The first-order valence-corrected chi connectivity index (χ1v) is 6.55. The van der Waals surface area contributed by atoms with Gasteiger partial charge in [0, 0.05) is 12.0 Å². The Morgan fingerprint density at radius 2 is 2.00 bits per heavy atom. The molecule has 2 N–H and O–H groups in total. The highest BCUT2D eigenvalue weighted by atomic mass is 16.5. The van der Waals surface area contributed by atoms with Crippen LogP contribution < -0.4 is 14.8 Å². The summed E-state index contributed by atoms with van der Waals surface area (Å²) in [6.45, 7) is 2.81. The van der Waals surface area contributed by atoms with Crippen LogP contribution in [-0.2, 0) is 4.79 Å². The lowest BCUT2D eigenvalue weighted by Crippen LogP contribution is -2.40. The summed E-state index contributed by atoms with van der Waals surface area (Å²) in [5, 5.41) is 11.4. The van der Waals surface area contributed by atoms with E-state index in [1.807, 2.05) is 0 Å². The Morgan fingerprint density at radius 3 is 2.65 bits per heavy atom. The molecule has 1 heterocycles. The number of ether oxygens (including phenoxy) is 2. The second kappa shape index (κ2) is 6.27. The summed E-state index contributed by atoms with van der Waals surface area (Å²) in [7, 11) is 0. The van der Waals surface area contributed by atoms with Crippen LogP contribution in [0, 0.1) is 0 Å². The van der Waals surface area contributed by atoms with Gasteiger partial charge in [0.1, 0.15) is 6.04 Å². The van der Waals surface area contributed by atoms with Gasteiger partial charge in [0.15, 0.2) is 11.5 Å². The molecule has 1 amide bonds. The average molecular weight is 279 g/mol. The number of carboxylic acid groups (broad SMARTS) is 1. The molecule has 1 unspecified atom stereocenters. The van der Waals surface area contributed by atoms with Crippen LogP contribution in [0.15, 0.2) is 18.2 Å². The molecule has 2 rings (SSSR count). The molecule has 20 heavy (non-hydrogen) atoms. The maximum Gasteiger partial charge on any atom is 0.326 e. The zero-order valence-corrected chi connectivity index (χ0v) is 11.2. The van der Waals surface area contributed by atoms with Gasteiger partial charge in [-0.25, -0.2) is 4.79 Å². The van der Waals surface area contributed by atoms with Crippen molar-refractivity contribution >= 4 is 11.9 Å². The first kappa shape index (κ1) is 14.2. The maximum absolute atomic E-state index is 12.0. The minimum Gasteiger partial charge on any atom is -0.490 e. The molecule has 0 aromatic heterocycles. The zero-order chi connectivity index (χ0) is 14.5. The van der Waals surface area contributed by atoms with E-state index >= 15 is 0 Å². The number of nitrogens with one attached hydrogen (secondary N) is 1. The van der Waals surface area contributed by atoms with Crippen molar-refractivity contribution in [3.05, 3.63) is 23.8 Å². The molecular weight excluding hydrogens is 262 g/mol. The number of carbonyl (C=O) groups excluding carboxylic acids is 1. The van der Waals surface area contributed by atoms with Crippen LogP contribution in [0.4, 0.5) is 0 Å². The molecule has 1 aliphatic rings. The Hall–Kier alpha value is -2.24. The summed E-state index contributed by atoms with van der Waals surface area (Å²) in [5.41, 5.74) is 0.356. The van der Waals surface area contributed by atoms with Crippen molar-refractivity contribution in [1.82, 2.24) is 5.32 Å². The monoisotopic (exact) mass is 279 g/mol. The minimum absolute atomic E-state index is 0.325. The third kappa shape index (κ3) is 3.20. The number of aliphatic carboxylic acids is 1. The number of carbonyl (C=O) groups is 2. The molecule has 0 saturated heterocycles. The molecule has 1 aliphatic heterocycles. The van der Waals surface area contributed by atoms with Gasteiger partial charge < -0.3 is 19.9 Å². The van der Waals surface area contributed by atoms with Gasteiger partial charge in [-0.15, -0.1) is 0 Å². The molecule has 1 aromatic rings. The lowest BCUT2D eigenvalue weighted by atomic mass is 10.1. The number of hydrogen-bond acceptors (Lipinski definition) is 4. The second-order valence-corrected chi connectivity index (χ2v) is 4.48. The predicted molar refractivity (Wildman–Crippen MR) is 71.2 cm³/mol. The highest BCUT2D eigenvalue weighted by Gasteiger charge is 2.20. The van der Waals surface area contributed by atoms with Gasteiger partial charge in [-0.1, -0.05) is 6.92 Å². The van der Waals surface area contributed by atoms with E-state index in [1.54, 1.807) is 25.1 Å². The molecule has 0 aliphatic carbocycles. The van der Waals surface area contributed by atoms with E-state index in [2.05, 4.69) is 5.32 Å². The highest BCUT2D eigenvalue weighted by Crippen LogP contribution is 2.30. The number of fused-ring (bicyclic) bond motifs is 1. The Bertz CT molecular complexity index is 514. The van der Waals surface area contributed by atoms with Crippen LogP contribution in [0.2, 0.25) is 0 Å². The molecule has 0 spiro atoms. The molecule has 1 atom stereocenters. The van der Waals surface area contributed by atoms with E-state index in [1.165, 1.54) is 0 Å². The molecular formula is C14H17NO5. The molecule has 0 bridgehead atoms. The van der Waals surface area contributed by atoms with Crippen molar-refractivity contribution in [2.45, 2.75) is 25.8 Å². The average Bonchev–Trinajstić information content (AvgIpc) is 2.68. The summed E-state index contributed by atoms with van der Waals surface area (Å²) in [6.07, 6.45) is 1.11. The smallest absolute Gasteiger partial charge is 0.326 e. The van der Waals surface area contributed by atoms with Crippen LogP contribution >= 0.6 is 0 Å². The number of benzene rings is 1. The third-order valence-electron chi connectivity index (χ3n) is 3.02. The predicted octanol–water partition coefficient (Wildman–Crippen LogP) is 1.44. The SMILES string of the molecule is CCC(NC(=O)c1ccc2c(c1)OCCCO2)C(=O)O. The summed E-state index contributed by atoms with van der Waals surface area (Å²) in [4.78, 5) is 22.9. The molecule has 6 heteroatoms. The normalized spacial score (nSPS) is 15.1. The molecule has 1 aromatic carbocycles. The van der Waals surface area contributed by atoms with Gasteiger partial charge in [0.25, 0.3) is 5.91 Å². The van der Waals surface area contributed by atoms with Gasteiger partial charge >= 0.3 is 5.97 Å². The molecule has 0 fully saturated rings. The van der Waals surface area contributed by atoms with Gasteiger partial charge in [-0.3, -0.25) is 4.79 Å². The lowest BCUT2D eigenvalue weighted by molar-refractivity contribution is -0.139. The first-order chi connectivity index (χ1) is 9.61. The minimum atomic E-state index is -1.05. The number of rotatable bonds is 4. The third-order valence-corrected chi connectivity index (χ3v) is 3.02. The van der Waals surface area contributed by atoms with Gasteiger partial charge in [0.2, 0.25) is 0 Å². The Kier molecular flexibility index (Phi) is 4.45. The van der Waals surface area contributed by atoms with Crippen LogP contribution in [0.5, 0.6) is 11.5 Å². The summed E-state index contributed by atoms with van der Waals surface area (Å²) in [6, 6.07) is 3.94. The van der Waals surface area contributed by atoms with Crippen molar-refractivity contribution in [2.75, 3.05) is 13.2 Å². The quantitative estimate of drug-likeness (QED) is 0.871. The van der Waals surface area contributed by atoms with E-state index in [0.29, 0.717) is 36.7 Å². The van der Waals surface area contributed by atoms with Gasteiger partial charge in [-0.05, 0) is 24.6 Å². The van der Waals surface area contributed by atoms with Gasteiger partial charge in [0.05, 0.1) is 13.2 Å². The standard InChI is InChI=1S/C14H17NO5/c1-2-10(14(17)18)15-13(16)9-4-5-11-12(8-9)20-7-3-6-19-11/h4-5,8,10H,2-3,6-7H2,1H3,(H,15,16)(H,17,18). The molecule has 0 saturated carbocycles. The van der Waals surface area contributed by atoms with Crippen LogP contribution in [0.25, 0.3) is 0 Å². The zero-order valence-electron chi connectivity index (χ0n) is 11.2. The van der Waals surface area contributed by atoms with Crippen molar-refractivity contribution in [1.29, 1.82) is 0 Å². The first-order valence-electron chi connectivity index (χ1n) is 6.55. The topological polar surface area (TPSA) is 84.9 Å². The fourth-order valence-electron chi connectivity index (χ4n) is 1.88. The van der Waals surface area contributed by atoms with E-state index in [9.17, 15) is 9.59 Å². The van der Waals surface area contributed by atoms with Crippen LogP contribution in [-0.4, -0.2) is 36.2 Å². The fourth-order valence-corrected chi connectivity index (χ4v) is 1.88. The van der Waals surface area contributed by atoms with Crippen molar-refractivity contribution < 1.29 is 24.2 Å². The Labute approximate surface area is 116 Å². The molecule has 108 valence electrons. The number of amides is 1. The fraction of sp³-hybridized carbons (Fsp3) is 0.429. The van der Waals surface area contributed by atoms with Gasteiger partial charge in [-0.2, -0.15) is 0 Å². The van der Waals surface area contributed by atoms with Crippen molar-refractivity contribution in [3.63, 3.8) is 0 Å². The van der Waals surface area contributed by atoms with E-state index < -0.39 is 17.9 Å². The van der Waals surface area contributed by atoms with E-state index in [0.717, 1.165) is 6.42 Å². The number of carboxylic acids is 1.